The highest BCUT2D eigenvalue weighted by atomic mass is 32.2. The van der Waals surface area contributed by atoms with Gasteiger partial charge in [-0.1, -0.05) is 42.5 Å². The van der Waals surface area contributed by atoms with Gasteiger partial charge in [-0.15, -0.1) is 0 Å². The van der Waals surface area contributed by atoms with Crippen LogP contribution in [-0.4, -0.2) is 11.3 Å². The van der Waals surface area contributed by atoms with E-state index in [1.165, 1.54) is 0 Å². The summed E-state index contributed by atoms with van der Waals surface area (Å²) in [5.41, 5.74) is 2.12. The molecule has 0 radical (unpaired) electrons. The fraction of sp³-hybridized carbons (Fsp3) is 0. The van der Waals surface area contributed by atoms with Gasteiger partial charge in [-0.3, -0.25) is 0 Å². The lowest BCUT2D eigenvalue weighted by Gasteiger charge is -2.03. The minimum atomic E-state index is -1.29. The third kappa shape index (κ3) is 3.26. The maximum absolute atomic E-state index is 10.3. The highest BCUT2D eigenvalue weighted by Gasteiger charge is 2.03. The number of carbonyl (C=O) groups is 1. The number of rotatable bonds is 3. The molecular weight excluding hydrogens is 236 g/mol. The van der Waals surface area contributed by atoms with Crippen LogP contribution in [0.4, 0.5) is 4.79 Å². The quantitative estimate of drug-likeness (QED) is 0.830. The van der Waals surface area contributed by atoms with Crippen molar-refractivity contribution in [3.05, 3.63) is 54.6 Å². The van der Waals surface area contributed by atoms with E-state index in [1.54, 1.807) is 6.07 Å². The Morgan fingerprint density at radius 1 is 1.00 bits per heavy atom. The average molecular weight is 246 g/mol. The molecule has 0 amide bonds. The molecule has 0 unspecified atom stereocenters. The Bertz CT molecular complexity index is 511. The summed E-state index contributed by atoms with van der Waals surface area (Å²) >= 11 is 0.838. The van der Waals surface area contributed by atoms with Crippen molar-refractivity contribution in [2.24, 2.45) is 0 Å². The van der Waals surface area contributed by atoms with Gasteiger partial charge in [0.05, 0.1) is 12.0 Å². The molecule has 4 heteroatoms. The fourth-order valence-corrected chi connectivity index (χ4v) is 1.92. The van der Waals surface area contributed by atoms with Crippen LogP contribution in [0.15, 0.2) is 59.5 Å². The first kappa shape index (κ1) is 11.5. The van der Waals surface area contributed by atoms with E-state index in [0.717, 1.165) is 28.1 Å². The van der Waals surface area contributed by atoms with Crippen LogP contribution in [0.5, 0.6) is 0 Å². The molecule has 0 saturated carbocycles. The van der Waals surface area contributed by atoms with Crippen molar-refractivity contribution in [3.8, 4) is 11.1 Å². The van der Waals surface area contributed by atoms with Gasteiger partial charge in [0.25, 0.3) is 0 Å². The molecule has 86 valence electrons. The van der Waals surface area contributed by atoms with Crippen LogP contribution in [0.2, 0.25) is 0 Å². The molecular formula is C13H10O3S. The molecule has 0 aliphatic heterocycles. The third-order valence-corrected chi connectivity index (χ3v) is 2.82. The maximum Gasteiger partial charge on any atom is 0.518 e. The second-order valence-electron chi connectivity index (χ2n) is 3.33. The van der Waals surface area contributed by atoms with Crippen molar-refractivity contribution in [1.29, 1.82) is 0 Å². The molecule has 0 bridgehead atoms. The predicted molar refractivity (Wildman–Crippen MR) is 66.8 cm³/mol. The summed E-state index contributed by atoms with van der Waals surface area (Å²) in [6.07, 6.45) is -1.29. The minimum absolute atomic E-state index is 0.758. The first-order valence-electron chi connectivity index (χ1n) is 4.98. The summed E-state index contributed by atoms with van der Waals surface area (Å²) in [5, 5.41) is 8.42. The van der Waals surface area contributed by atoms with Crippen molar-refractivity contribution >= 4 is 18.2 Å². The molecule has 1 N–H and O–H groups in total. The summed E-state index contributed by atoms with van der Waals surface area (Å²) < 4.78 is 4.45. The monoisotopic (exact) mass is 246 g/mol. The molecule has 17 heavy (non-hydrogen) atoms. The van der Waals surface area contributed by atoms with Crippen molar-refractivity contribution in [3.63, 3.8) is 0 Å². The summed E-state index contributed by atoms with van der Waals surface area (Å²) in [7, 11) is 0. The molecule has 0 heterocycles. The lowest BCUT2D eigenvalue weighted by molar-refractivity contribution is 0.153. The first-order valence-corrected chi connectivity index (χ1v) is 5.73. The maximum atomic E-state index is 10.3. The first-order chi connectivity index (χ1) is 8.25. The molecule has 0 aliphatic carbocycles. The fourth-order valence-electron chi connectivity index (χ4n) is 1.44. The van der Waals surface area contributed by atoms with E-state index < -0.39 is 6.16 Å². The van der Waals surface area contributed by atoms with E-state index >= 15 is 0 Å². The van der Waals surface area contributed by atoms with Crippen LogP contribution in [-0.2, 0) is 4.18 Å². The summed E-state index contributed by atoms with van der Waals surface area (Å²) in [6.45, 7) is 0. The summed E-state index contributed by atoms with van der Waals surface area (Å²) in [6, 6.07) is 17.4. The zero-order valence-electron chi connectivity index (χ0n) is 8.87. The van der Waals surface area contributed by atoms with Crippen LogP contribution >= 0.6 is 12.0 Å². The molecule has 0 atom stereocenters. The van der Waals surface area contributed by atoms with E-state index in [1.807, 2.05) is 48.5 Å². The second-order valence-corrected chi connectivity index (χ2v) is 4.13. The van der Waals surface area contributed by atoms with Crippen molar-refractivity contribution in [2.45, 2.75) is 4.90 Å². The molecule has 0 fully saturated rings. The van der Waals surface area contributed by atoms with E-state index in [0.29, 0.717) is 0 Å². The second kappa shape index (κ2) is 5.41. The Hall–Kier alpha value is -1.94. The van der Waals surface area contributed by atoms with Crippen LogP contribution in [0.25, 0.3) is 11.1 Å². The number of benzene rings is 2. The Morgan fingerprint density at radius 3 is 2.41 bits per heavy atom. The van der Waals surface area contributed by atoms with E-state index in [9.17, 15) is 4.79 Å². The van der Waals surface area contributed by atoms with Crippen molar-refractivity contribution in [2.75, 3.05) is 0 Å². The molecule has 0 spiro atoms. The highest BCUT2D eigenvalue weighted by Crippen LogP contribution is 2.26. The normalized spacial score (nSPS) is 9.88. The molecule has 2 aromatic carbocycles. The van der Waals surface area contributed by atoms with Gasteiger partial charge in [0.1, 0.15) is 0 Å². The molecule has 2 rings (SSSR count). The largest absolute Gasteiger partial charge is 0.518 e. The smallest absolute Gasteiger partial charge is 0.449 e. The van der Waals surface area contributed by atoms with Gasteiger partial charge in [-0.2, -0.15) is 0 Å². The van der Waals surface area contributed by atoms with Gasteiger partial charge in [-0.05, 0) is 23.3 Å². The van der Waals surface area contributed by atoms with Gasteiger partial charge in [0.2, 0.25) is 0 Å². The number of carboxylic acid groups (broad SMARTS) is 1. The topological polar surface area (TPSA) is 46.5 Å². The minimum Gasteiger partial charge on any atom is -0.449 e. The Labute approximate surface area is 103 Å². The van der Waals surface area contributed by atoms with Crippen LogP contribution in [0, 0.1) is 0 Å². The Kier molecular flexibility index (Phi) is 3.67. The van der Waals surface area contributed by atoms with Gasteiger partial charge >= 0.3 is 6.16 Å². The van der Waals surface area contributed by atoms with Crippen LogP contribution < -0.4 is 0 Å². The molecule has 0 aromatic heterocycles. The van der Waals surface area contributed by atoms with E-state index in [2.05, 4.69) is 4.18 Å². The summed E-state index contributed by atoms with van der Waals surface area (Å²) in [5.74, 6) is 0. The lowest BCUT2D eigenvalue weighted by Crippen LogP contribution is -1.91. The number of hydrogen-bond acceptors (Lipinski definition) is 3. The van der Waals surface area contributed by atoms with Gasteiger partial charge in [0.15, 0.2) is 0 Å². The number of hydrogen-bond donors (Lipinski definition) is 1. The molecule has 0 saturated heterocycles. The molecule has 2 aromatic rings. The Balaban J connectivity index is 2.20. The van der Waals surface area contributed by atoms with E-state index in [-0.39, 0.29) is 0 Å². The Morgan fingerprint density at radius 2 is 1.71 bits per heavy atom. The third-order valence-electron chi connectivity index (χ3n) is 2.15. The highest BCUT2D eigenvalue weighted by molar-refractivity contribution is 7.95. The standard InChI is InChI=1S/C13H10O3S/c14-13(15)16-17-12-8-4-7-11(9-12)10-5-2-1-3-6-10/h1-9H,(H,14,15). The summed E-state index contributed by atoms with van der Waals surface area (Å²) in [4.78, 5) is 11.0. The van der Waals surface area contributed by atoms with Crippen LogP contribution in [0.3, 0.4) is 0 Å². The zero-order chi connectivity index (χ0) is 12.1. The van der Waals surface area contributed by atoms with Gasteiger partial charge < -0.3 is 9.29 Å². The average Bonchev–Trinajstić information content (AvgIpc) is 2.38. The lowest BCUT2D eigenvalue weighted by atomic mass is 10.1. The van der Waals surface area contributed by atoms with Gasteiger partial charge in [-0.25, -0.2) is 4.79 Å². The van der Waals surface area contributed by atoms with Gasteiger partial charge in [0, 0.05) is 4.90 Å². The predicted octanol–water partition coefficient (Wildman–Crippen LogP) is 4.06. The van der Waals surface area contributed by atoms with Crippen molar-refractivity contribution in [1.82, 2.24) is 0 Å². The van der Waals surface area contributed by atoms with Crippen molar-refractivity contribution < 1.29 is 14.1 Å². The van der Waals surface area contributed by atoms with E-state index in [4.69, 9.17) is 5.11 Å². The zero-order valence-corrected chi connectivity index (χ0v) is 9.68. The molecule has 3 nitrogen and oxygen atoms in total. The molecule has 0 aliphatic rings. The SMILES string of the molecule is O=C(O)OSc1cccc(-c2ccccc2)c1. The van der Waals surface area contributed by atoms with Crippen LogP contribution in [0.1, 0.15) is 0 Å².